The first-order chi connectivity index (χ1) is 11.0. The van der Waals surface area contributed by atoms with Crippen LogP contribution in [0.5, 0.6) is 11.5 Å². The van der Waals surface area contributed by atoms with Crippen LogP contribution in [0.3, 0.4) is 0 Å². The predicted molar refractivity (Wildman–Crippen MR) is 91.0 cm³/mol. The maximum Gasteiger partial charge on any atom is 0.255 e. The van der Waals surface area contributed by atoms with E-state index in [-0.39, 0.29) is 11.7 Å². The summed E-state index contributed by atoms with van der Waals surface area (Å²) >= 11 is 3.38. The second-order valence-electron chi connectivity index (χ2n) is 4.84. The van der Waals surface area contributed by atoms with Gasteiger partial charge in [0.2, 0.25) is 0 Å². The molecule has 0 bridgehead atoms. The number of amides is 1. The van der Waals surface area contributed by atoms with Gasteiger partial charge in [0.15, 0.2) is 11.5 Å². The normalized spacial score (nSPS) is 10.3. The van der Waals surface area contributed by atoms with Gasteiger partial charge >= 0.3 is 0 Å². The summed E-state index contributed by atoms with van der Waals surface area (Å²) in [6.45, 7) is 3.99. The van der Waals surface area contributed by atoms with Gasteiger partial charge in [-0.15, -0.1) is 0 Å². The van der Waals surface area contributed by atoms with Crippen molar-refractivity contribution in [2.75, 3.05) is 19.0 Å². The van der Waals surface area contributed by atoms with Gasteiger partial charge in [0.05, 0.1) is 18.2 Å². The maximum atomic E-state index is 13.3. The van der Waals surface area contributed by atoms with Crippen LogP contribution in [-0.2, 0) is 0 Å². The van der Waals surface area contributed by atoms with E-state index in [1.807, 2.05) is 6.92 Å². The van der Waals surface area contributed by atoms with E-state index in [0.29, 0.717) is 39.4 Å². The van der Waals surface area contributed by atoms with E-state index in [0.717, 1.165) is 0 Å². The molecule has 0 aliphatic rings. The zero-order valence-electron chi connectivity index (χ0n) is 13.1. The lowest BCUT2D eigenvalue weighted by atomic mass is 10.1. The first-order valence-electron chi connectivity index (χ1n) is 7.04. The molecule has 0 aliphatic carbocycles. The van der Waals surface area contributed by atoms with Gasteiger partial charge in [0, 0.05) is 11.3 Å². The minimum atomic E-state index is -0.321. The van der Waals surface area contributed by atoms with Crippen LogP contribution < -0.4 is 14.8 Å². The van der Waals surface area contributed by atoms with Crippen molar-refractivity contribution in [3.05, 3.63) is 51.7 Å². The smallest absolute Gasteiger partial charge is 0.255 e. The Balaban J connectivity index is 2.28. The molecule has 0 aromatic heterocycles. The number of nitrogens with one attached hydrogen (secondary N) is 1. The van der Waals surface area contributed by atoms with Gasteiger partial charge in [-0.25, -0.2) is 4.39 Å². The molecule has 6 heteroatoms. The first-order valence-corrected chi connectivity index (χ1v) is 7.83. The third kappa shape index (κ3) is 4.01. The fraction of sp³-hybridized carbons (Fsp3) is 0.235. The van der Waals surface area contributed by atoms with Gasteiger partial charge in [-0.2, -0.15) is 0 Å². The largest absolute Gasteiger partial charge is 0.493 e. The standard InChI is InChI=1S/C17H17BrFNO3/c1-4-23-16-13(18)8-11(9-15(16)22-3)17(21)20-12-5-6-14(19)10(2)7-12/h5-9H,4H2,1-3H3,(H,20,21). The molecule has 0 radical (unpaired) electrons. The van der Waals surface area contributed by atoms with Crippen LogP contribution in [0.15, 0.2) is 34.8 Å². The summed E-state index contributed by atoms with van der Waals surface area (Å²) < 4.78 is 24.7. The zero-order chi connectivity index (χ0) is 17.0. The predicted octanol–water partition coefficient (Wildman–Crippen LogP) is 4.56. The number of carbonyl (C=O) groups is 1. The summed E-state index contributed by atoms with van der Waals surface area (Å²) in [6.07, 6.45) is 0. The van der Waals surface area contributed by atoms with Gasteiger partial charge in [0.25, 0.3) is 5.91 Å². The molecular formula is C17H17BrFNO3. The van der Waals surface area contributed by atoms with Crippen LogP contribution >= 0.6 is 15.9 Å². The fourth-order valence-electron chi connectivity index (χ4n) is 2.06. The van der Waals surface area contributed by atoms with Crippen LogP contribution in [0, 0.1) is 12.7 Å². The highest BCUT2D eigenvalue weighted by atomic mass is 79.9. The molecule has 0 heterocycles. The molecule has 0 saturated carbocycles. The average Bonchev–Trinajstić information content (AvgIpc) is 2.52. The van der Waals surface area contributed by atoms with Crippen molar-refractivity contribution in [3.63, 3.8) is 0 Å². The number of halogens is 2. The Hall–Kier alpha value is -2.08. The summed E-state index contributed by atoms with van der Waals surface area (Å²) in [5.41, 5.74) is 1.39. The van der Waals surface area contributed by atoms with E-state index >= 15 is 0 Å². The van der Waals surface area contributed by atoms with Gasteiger partial charge in [-0.3, -0.25) is 4.79 Å². The Morgan fingerprint density at radius 3 is 2.65 bits per heavy atom. The van der Waals surface area contributed by atoms with E-state index < -0.39 is 0 Å². The number of methoxy groups -OCH3 is 1. The fourth-order valence-corrected chi connectivity index (χ4v) is 2.62. The van der Waals surface area contributed by atoms with Crippen molar-refractivity contribution >= 4 is 27.5 Å². The molecule has 122 valence electrons. The van der Waals surface area contributed by atoms with Crippen molar-refractivity contribution in [2.24, 2.45) is 0 Å². The number of ether oxygens (including phenoxy) is 2. The maximum absolute atomic E-state index is 13.3. The number of carbonyl (C=O) groups excluding carboxylic acids is 1. The van der Waals surface area contributed by atoms with Crippen molar-refractivity contribution in [1.29, 1.82) is 0 Å². The molecule has 23 heavy (non-hydrogen) atoms. The highest BCUT2D eigenvalue weighted by Gasteiger charge is 2.15. The number of hydrogen-bond donors (Lipinski definition) is 1. The summed E-state index contributed by atoms with van der Waals surface area (Å²) in [5, 5.41) is 2.73. The molecule has 1 N–H and O–H groups in total. The highest BCUT2D eigenvalue weighted by molar-refractivity contribution is 9.10. The molecule has 0 saturated heterocycles. The Morgan fingerprint density at radius 1 is 1.30 bits per heavy atom. The van der Waals surface area contributed by atoms with Crippen molar-refractivity contribution in [3.8, 4) is 11.5 Å². The van der Waals surface area contributed by atoms with E-state index in [1.54, 1.807) is 25.1 Å². The monoisotopic (exact) mass is 381 g/mol. The van der Waals surface area contributed by atoms with E-state index in [9.17, 15) is 9.18 Å². The Morgan fingerprint density at radius 2 is 2.04 bits per heavy atom. The molecule has 0 unspecified atom stereocenters. The Bertz CT molecular complexity index is 734. The second kappa shape index (κ2) is 7.46. The summed E-state index contributed by atoms with van der Waals surface area (Å²) in [5.74, 6) is 0.373. The minimum Gasteiger partial charge on any atom is -0.493 e. The van der Waals surface area contributed by atoms with Crippen LogP contribution in [0.1, 0.15) is 22.8 Å². The number of anilines is 1. The summed E-state index contributed by atoms with van der Waals surface area (Å²) in [6, 6.07) is 7.66. The first kappa shape index (κ1) is 17.3. The lowest BCUT2D eigenvalue weighted by Crippen LogP contribution is -2.12. The van der Waals surface area contributed by atoms with Crippen LogP contribution in [0.2, 0.25) is 0 Å². The molecule has 2 rings (SSSR count). The molecule has 0 fully saturated rings. The van der Waals surface area contributed by atoms with Gasteiger partial charge in [0.1, 0.15) is 5.82 Å². The zero-order valence-corrected chi connectivity index (χ0v) is 14.7. The van der Waals surface area contributed by atoms with Gasteiger partial charge in [-0.1, -0.05) is 0 Å². The van der Waals surface area contributed by atoms with Crippen LogP contribution in [0.4, 0.5) is 10.1 Å². The summed E-state index contributed by atoms with van der Waals surface area (Å²) in [4.78, 5) is 12.4. The quantitative estimate of drug-likeness (QED) is 0.825. The Labute approximate surface area is 142 Å². The summed E-state index contributed by atoms with van der Waals surface area (Å²) in [7, 11) is 1.51. The molecule has 2 aromatic rings. The van der Waals surface area contributed by atoms with Gasteiger partial charge in [-0.05, 0) is 65.7 Å². The van der Waals surface area contributed by atoms with Crippen molar-refractivity contribution in [2.45, 2.75) is 13.8 Å². The molecule has 4 nitrogen and oxygen atoms in total. The number of hydrogen-bond acceptors (Lipinski definition) is 3. The molecule has 0 aliphatic heterocycles. The molecule has 0 atom stereocenters. The number of rotatable bonds is 5. The number of aryl methyl sites for hydroxylation is 1. The van der Waals surface area contributed by atoms with Crippen LogP contribution in [0.25, 0.3) is 0 Å². The molecule has 1 amide bonds. The van der Waals surface area contributed by atoms with E-state index in [4.69, 9.17) is 9.47 Å². The number of benzene rings is 2. The molecule has 0 spiro atoms. The molecular weight excluding hydrogens is 365 g/mol. The minimum absolute atomic E-state index is 0.312. The highest BCUT2D eigenvalue weighted by Crippen LogP contribution is 2.36. The second-order valence-corrected chi connectivity index (χ2v) is 5.69. The van der Waals surface area contributed by atoms with E-state index in [1.165, 1.54) is 19.2 Å². The van der Waals surface area contributed by atoms with Crippen molar-refractivity contribution < 1.29 is 18.7 Å². The third-order valence-electron chi connectivity index (χ3n) is 3.20. The molecule has 2 aromatic carbocycles. The van der Waals surface area contributed by atoms with Crippen LogP contribution in [-0.4, -0.2) is 19.6 Å². The Kier molecular flexibility index (Phi) is 5.60. The SMILES string of the molecule is CCOc1c(Br)cc(C(=O)Nc2ccc(F)c(C)c2)cc1OC. The average molecular weight is 382 g/mol. The van der Waals surface area contributed by atoms with E-state index in [2.05, 4.69) is 21.2 Å². The third-order valence-corrected chi connectivity index (χ3v) is 3.79. The van der Waals surface area contributed by atoms with Gasteiger partial charge < -0.3 is 14.8 Å². The topological polar surface area (TPSA) is 47.6 Å². The lowest BCUT2D eigenvalue weighted by Gasteiger charge is -2.13. The lowest BCUT2D eigenvalue weighted by molar-refractivity contribution is 0.102. The van der Waals surface area contributed by atoms with Crippen molar-refractivity contribution in [1.82, 2.24) is 0 Å².